The summed E-state index contributed by atoms with van der Waals surface area (Å²) in [6.07, 6.45) is 6.26. The molecule has 0 amide bonds. The summed E-state index contributed by atoms with van der Waals surface area (Å²) in [6.45, 7) is 3.52. The van der Waals surface area contributed by atoms with Crippen molar-refractivity contribution in [1.82, 2.24) is 14.9 Å². The molecule has 0 aliphatic heterocycles. The Balaban J connectivity index is 1.84. The van der Waals surface area contributed by atoms with Crippen molar-refractivity contribution in [3.8, 4) is 12.3 Å². The third kappa shape index (κ3) is 4.87. The lowest BCUT2D eigenvalue weighted by molar-refractivity contribution is 0.619. The van der Waals surface area contributed by atoms with Crippen molar-refractivity contribution in [3.05, 3.63) is 48.0 Å². The quantitative estimate of drug-likeness (QED) is 0.381. The van der Waals surface area contributed by atoms with Crippen molar-refractivity contribution in [3.63, 3.8) is 0 Å². The van der Waals surface area contributed by atoms with Gasteiger partial charge in [0.15, 0.2) is 0 Å². The van der Waals surface area contributed by atoms with E-state index in [2.05, 4.69) is 31.2 Å². The lowest BCUT2D eigenvalue weighted by Gasteiger charge is -2.11. The normalized spacial score (nSPS) is 10.7. The van der Waals surface area contributed by atoms with Crippen LogP contribution >= 0.6 is 0 Å². The van der Waals surface area contributed by atoms with Crippen LogP contribution in [-0.4, -0.2) is 22.1 Å². The molecule has 7 nitrogen and oxygen atoms in total. The summed E-state index contributed by atoms with van der Waals surface area (Å²) in [7, 11) is 0. The van der Waals surface area contributed by atoms with Crippen LogP contribution in [0.15, 0.2) is 41.8 Å². The lowest BCUT2D eigenvalue weighted by atomic mass is 10.2. The van der Waals surface area contributed by atoms with E-state index >= 15 is 0 Å². The number of anilines is 1. The molecule has 2 N–H and O–H groups in total. The van der Waals surface area contributed by atoms with Crippen LogP contribution in [0, 0.1) is 29.7 Å². The molecule has 116 valence electrons. The number of nitrogens with one attached hydrogen (secondary N) is 2. The van der Waals surface area contributed by atoms with Crippen molar-refractivity contribution in [2.24, 2.45) is 4.99 Å². The van der Waals surface area contributed by atoms with Gasteiger partial charge >= 0.3 is 0 Å². The van der Waals surface area contributed by atoms with Gasteiger partial charge in [-0.1, -0.05) is 0 Å². The molecule has 1 aromatic heterocycles. The molecule has 0 unspecified atom stereocenters. The van der Waals surface area contributed by atoms with Crippen molar-refractivity contribution in [2.75, 3.05) is 11.9 Å². The molecule has 23 heavy (non-hydrogen) atoms. The van der Waals surface area contributed by atoms with Gasteiger partial charge in [0.2, 0.25) is 12.2 Å². The van der Waals surface area contributed by atoms with Gasteiger partial charge in [0.25, 0.3) is 0 Å². The highest BCUT2D eigenvalue weighted by Gasteiger charge is 2.01. The summed E-state index contributed by atoms with van der Waals surface area (Å²) in [6, 6.07) is 9.00. The Morgan fingerprint density at radius 1 is 1.30 bits per heavy atom. The maximum atomic E-state index is 8.78. The number of nitrogens with zero attached hydrogens (tertiary/aromatic N) is 5. The van der Waals surface area contributed by atoms with Crippen LogP contribution in [0.3, 0.4) is 0 Å². The first-order valence-electron chi connectivity index (χ1n) is 7.17. The number of aryl methyl sites for hydroxylation is 2. The average Bonchev–Trinajstić information content (AvgIpc) is 2.97. The van der Waals surface area contributed by atoms with E-state index in [0.717, 1.165) is 24.3 Å². The van der Waals surface area contributed by atoms with Gasteiger partial charge in [-0.2, -0.15) is 10.5 Å². The zero-order valence-electron chi connectivity index (χ0n) is 12.8. The van der Waals surface area contributed by atoms with Gasteiger partial charge in [0.05, 0.1) is 18.0 Å². The molecule has 0 bridgehead atoms. The summed E-state index contributed by atoms with van der Waals surface area (Å²) in [5.74, 6) is 0.388. The second-order valence-electron chi connectivity index (χ2n) is 4.88. The highest BCUT2D eigenvalue weighted by atomic mass is 15.2. The Hall–Kier alpha value is -3.32. The molecule has 0 radical (unpaired) electrons. The van der Waals surface area contributed by atoms with E-state index in [-0.39, 0.29) is 0 Å². The number of rotatable bonds is 5. The fourth-order valence-corrected chi connectivity index (χ4v) is 2.00. The van der Waals surface area contributed by atoms with Crippen molar-refractivity contribution < 1.29 is 0 Å². The largest absolute Gasteiger partial charge is 0.355 e. The number of aliphatic imine (C=N–C) groups is 1. The Kier molecular flexibility index (Phi) is 5.73. The molecule has 0 atom stereocenters. The van der Waals surface area contributed by atoms with Crippen LogP contribution in [0.1, 0.15) is 17.7 Å². The maximum Gasteiger partial charge on any atom is 0.211 e. The SMILES string of the molecule is Cc1cncn1CCCN/C(=N/C#N)Nc1ccc(C#N)cc1. The van der Waals surface area contributed by atoms with E-state index in [1.807, 2.05) is 13.1 Å². The molecule has 0 aliphatic carbocycles. The molecule has 0 aliphatic rings. The van der Waals surface area contributed by atoms with Crippen molar-refractivity contribution in [2.45, 2.75) is 19.9 Å². The number of imidazole rings is 1. The van der Waals surface area contributed by atoms with E-state index < -0.39 is 0 Å². The summed E-state index contributed by atoms with van der Waals surface area (Å²) in [4.78, 5) is 7.81. The van der Waals surface area contributed by atoms with E-state index in [1.165, 1.54) is 0 Å². The van der Waals surface area contributed by atoms with Crippen LogP contribution in [0.25, 0.3) is 0 Å². The van der Waals surface area contributed by atoms with Crippen molar-refractivity contribution in [1.29, 1.82) is 10.5 Å². The maximum absolute atomic E-state index is 8.78. The van der Waals surface area contributed by atoms with Crippen LogP contribution in [-0.2, 0) is 6.54 Å². The molecule has 1 heterocycles. The van der Waals surface area contributed by atoms with Gasteiger partial charge in [-0.3, -0.25) is 0 Å². The van der Waals surface area contributed by atoms with Gasteiger partial charge in [-0.15, -0.1) is 4.99 Å². The van der Waals surface area contributed by atoms with Gasteiger partial charge in [-0.05, 0) is 37.6 Å². The zero-order valence-corrected chi connectivity index (χ0v) is 12.8. The predicted octanol–water partition coefficient (Wildman–Crippen LogP) is 1.99. The monoisotopic (exact) mass is 307 g/mol. The number of benzene rings is 1. The Bertz CT molecular complexity index is 744. The van der Waals surface area contributed by atoms with Gasteiger partial charge < -0.3 is 15.2 Å². The third-order valence-corrected chi connectivity index (χ3v) is 3.23. The van der Waals surface area contributed by atoms with Crippen LogP contribution < -0.4 is 10.6 Å². The van der Waals surface area contributed by atoms with Crippen LogP contribution in [0.2, 0.25) is 0 Å². The fraction of sp³-hybridized carbons (Fsp3) is 0.250. The highest BCUT2D eigenvalue weighted by Crippen LogP contribution is 2.08. The Morgan fingerprint density at radius 3 is 2.70 bits per heavy atom. The van der Waals surface area contributed by atoms with E-state index in [0.29, 0.717) is 18.1 Å². The summed E-state index contributed by atoms with van der Waals surface area (Å²) in [5.41, 5.74) is 2.46. The third-order valence-electron chi connectivity index (χ3n) is 3.23. The van der Waals surface area contributed by atoms with Crippen LogP contribution in [0.5, 0.6) is 0 Å². The molecule has 0 saturated heterocycles. The smallest absolute Gasteiger partial charge is 0.211 e. The topological polar surface area (TPSA) is 102 Å². The van der Waals surface area contributed by atoms with Gasteiger partial charge in [-0.25, -0.2) is 4.98 Å². The second-order valence-corrected chi connectivity index (χ2v) is 4.88. The number of aromatic nitrogens is 2. The Labute approximate surface area is 134 Å². The summed E-state index contributed by atoms with van der Waals surface area (Å²) in [5, 5.41) is 23.7. The molecular formula is C16H17N7. The summed E-state index contributed by atoms with van der Waals surface area (Å²) < 4.78 is 2.07. The Morgan fingerprint density at radius 2 is 2.09 bits per heavy atom. The fourth-order valence-electron chi connectivity index (χ4n) is 2.00. The molecule has 0 spiro atoms. The zero-order chi connectivity index (χ0) is 16.5. The van der Waals surface area contributed by atoms with E-state index in [1.54, 1.807) is 36.8 Å². The standard InChI is InChI=1S/C16H17N7/c1-13-10-19-12-23(13)8-2-7-20-16(21-11-18)22-15-5-3-14(9-17)4-6-15/h3-6,10,12H,2,7-8H2,1H3,(H2,20,21,22). The minimum absolute atomic E-state index is 0.388. The number of nitriles is 2. The van der Waals surface area contributed by atoms with Crippen LogP contribution in [0.4, 0.5) is 5.69 Å². The number of hydrogen-bond acceptors (Lipinski definition) is 4. The minimum Gasteiger partial charge on any atom is -0.355 e. The first-order valence-corrected chi connectivity index (χ1v) is 7.17. The first-order chi connectivity index (χ1) is 11.2. The number of guanidine groups is 1. The molecule has 0 saturated carbocycles. The lowest BCUT2D eigenvalue weighted by Crippen LogP contribution is -2.31. The molecule has 2 rings (SSSR count). The predicted molar refractivity (Wildman–Crippen MR) is 87.4 cm³/mol. The number of hydrogen-bond donors (Lipinski definition) is 2. The average molecular weight is 307 g/mol. The highest BCUT2D eigenvalue weighted by molar-refractivity contribution is 5.94. The molecule has 0 fully saturated rings. The molecule has 2 aromatic rings. The summed E-state index contributed by atoms with van der Waals surface area (Å²) >= 11 is 0. The second kappa shape index (κ2) is 8.20. The van der Waals surface area contributed by atoms with E-state index in [4.69, 9.17) is 10.5 Å². The van der Waals surface area contributed by atoms with Crippen molar-refractivity contribution >= 4 is 11.6 Å². The minimum atomic E-state index is 0.388. The van der Waals surface area contributed by atoms with Gasteiger partial charge in [0, 0.05) is 30.7 Å². The van der Waals surface area contributed by atoms with E-state index in [9.17, 15) is 0 Å². The van der Waals surface area contributed by atoms with Gasteiger partial charge in [0.1, 0.15) is 0 Å². The first kappa shape index (κ1) is 16.1. The molecule has 1 aromatic carbocycles. The molecule has 7 heteroatoms. The molecular weight excluding hydrogens is 290 g/mol.